The summed E-state index contributed by atoms with van der Waals surface area (Å²) in [5, 5.41) is 16.2. The van der Waals surface area contributed by atoms with Gasteiger partial charge in [0.1, 0.15) is 5.75 Å². The van der Waals surface area contributed by atoms with Crippen molar-refractivity contribution >= 4 is 70.2 Å². The van der Waals surface area contributed by atoms with Gasteiger partial charge in [-0.15, -0.1) is 37.9 Å². The summed E-state index contributed by atoms with van der Waals surface area (Å²) in [5.74, 6) is 0.263. The van der Waals surface area contributed by atoms with Gasteiger partial charge in [-0.2, -0.15) is 0 Å². The van der Waals surface area contributed by atoms with Gasteiger partial charge in [0, 0.05) is 25.5 Å². The molecule has 98 valence electrons. The largest absolute Gasteiger partial charge is 0.507 e. The minimum atomic E-state index is 0.263. The molecule has 0 bridgehead atoms. The molecule has 4 rings (SSSR count). The Balaban J connectivity index is 2.50. The highest BCUT2D eigenvalue weighted by atomic mass is 32.1. The average Bonchev–Trinajstić information content (AvgIpc) is 2.42. The lowest BCUT2D eigenvalue weighted by atomic mass is 9.93. The Morgan fingerprint density at radius 2 is 1.15 bits per heavy atom. The summed E-state index contributed by atoms with van der Waals surface area (Å²) in [6.07, 6.45) is 0. The maximum Gasteiger partial charge on any atom is 0.123 e. The maximum absolute atomic E-state index is 10.2. The molecule has 0 heterocycles. The quantitative estimate of drug-likeness (QED) is 0.261. The van der Waals surface area contributed by atoms with Gasteiger partial charge in [-0.3, -0.25) is 0 Å². The van der Waals surface area contributed by atoms with Crippen molar-refractivity contribution in [3.05, 3.63) is 36.4 Å². The van der Waals surface area contributed by atoms with Crippen molar-refractivity contribution in [2.24, 2.45) is 0 Å². The SMILES string of the molecule is Oc1ccc2c(S)cc3c(S)ccc4c(S)cc1c2c43. The first-order valence-electron chi connectivity index (χ1n) is 6.12. The summed E-state index contributed by atoms with van der Waals surface area (Å²) >= 11 is 13.7. The van der Waals surface area contributed by atoms with E-state index in [0.717, 1.165) is 47.0 Å². The van der Waals surface area contributed by atoms with Crippen LogP contribution in [0, 0.1) is 0 Å². The average molecular weight is 314 g/mol. The van der Waals surface area contributed by atoms with E-state index >= 15 is 0 Å². The fraction of sp³-hybridized carbons (Fsp3) is 0. The van der Waals surface area contributed by atoms with E-state index in [-0.39, 0.29) is 5.75 Å². The summed E-state index contributed by atoms with van der Waals surface area (Å²) < 4.78 is 0. The molecule has 1 nitrogen and oxygen atoms in total. The van der Waals surface area contributed by atoms with Crippen LogP contribution in [0.5, 0.6) is 5.75 Å². The molecule has 1 N–H and O–H groups in total. The molecule has 20 heavy (non-hydrogen) atoms. The molecule has 0 spiro atoms. The molecule has 0 fully saturated rings. The highest BCUT2D eigenvalue weighted by Gasteiger charge is 2.15. The van der Waals surface area contributed by atoms with E-state index in [9.17, 15) is 5.11 Å². The second-order valence-corrected chi connectivity index (χ2v) is 6.35. The predicted octanol–water partition coefficient (Wildman–Crippen LogP) is 5.16. The molecule has 0 aliphatic heterocycles. The van der Waals surface area contributed by atoms with Crippen LogP contribution in [0.1, 0.15) is 0 Å². The zero-order chi connectivity index (χ0) is 14.0. The number of thiol groups is 3. The number of phenols is 1. The molecule has 0 radical (unpaired) electrons. The molecule has 0 saturated carbocycles. The van der Waals surface area contributed by atoms with Crippen molar-refractivity contribution in [1.82, 2.24) is 0 Å². The molecule has 0 unspecified atom stereocenters. The Bertz CT molecular complexity index is 910. The number of rotatable bonds is 0. The van der Waals surface area contributed by atoms with Gasteiger partial charge in [-0.1, -0.05) is 6.07 Å². The smallest absolute Gasteiger partial charge is 0.123 e. The second kappa shape index (κ2) is 4.13. The summed E-state index contributed by atoms with van der Waals surface area (Å²) in [7, 11) is 0. The monoisotopic (exact) mass is 314 g/mol. The third-order valence-electron chi connectivity index (χ3n) is 3.81. The highest BCUT2D eigenvalue weighted by molar-refractivity contribution is 7.81. The van der Waals surface area contributed by atoms with Gasteiger partial charge in [-0.25, -0.2) is 0 Å². The maximum atomic E-state index is 10.2. The van der Waals surface area contributed by atoms with Crippen molar-refractivity contribution in [2.75, 3.05) is 0 Å². The Labute approximate surface area is 132 Å². The molecule has 0 aliphatic carbocycles. The highest BCUT2D eigenvalue weighted by Crippen LogP contribution is 2.44. The van der Waals surface area contributed by atoms with Crippen LogP contribution in [0.15, 0.2) is 51.1 Å². The van der Waals surface area contributed by atoms with Crippen LogP contribution in [-0.2, 0) is 0 Å². The zero-order valence-corrected chi connectivity index (χ0v) is 12.9. The lowest BCUT2D eigenvalue weighted by molar-refractivity contribution is 0.482. The topological polar surface area (TPSA) is 20.2 Å². The van der Waals surface area contributed by atoms with E-state index in [1.54, 1.807) is 6.07 Å². The molecule has 4 heteroatoms. The minimum Gasteiger partial charge on any atom is -0.507 e. The molecule has 0 amide bonds. The molecule has 4 aromatic carbocycles. The van der Waals surface area contributed by atoms with Crippen LogP contribution in [0.3, 0.4) is 0 Å². The molecular formula is C16H10OS3. The normalized spacial score (nSPS) is 11.9. The van der Waals surface area contributed by atoms with Gasteiger partial charge >= 0.3 is 0 Å². The first kappa shape index (κ1) is 12.5. The number of phenolic OH excluding ortho intramolecular Hbond substituents is 1. The molecular weight excluding hydrogens is 304 g/mol. The third-order valence-corrected chi connectivity index (χ3v) is 4.94. The van der Waals surface area contributed by atoms with Crippen molar-refractivity contribution in [3.63, 3.8) is 0 Å². The zero-order valence-electron chi connectivity index (χ0n) is 10.3. The van der Waals surface area contributed by atoms with Gasteiger partial charge in [0.2, 0.25) is 0 Å². The Morgan fingerprint density at radius 1 is 0.600 bits per heavy atom. The summed E-state index contributed by atoms with van der Waals surface area (Å²) in [6, 6.07) is 11.5. The van der Waals surface area contributed by atoms with E-state index in [0.29, 0.717) is 0 Å². The van der Waals surface area contributed by atoms with Crippen molar-refractivity contribution in [3.8, 4) is 5.75 Å². The molecule has 0 aliphatic rings. The standard InChI is InChI=1S/C16H10OS3/c17-11-3-1-7-14(20)6-10-12(18)4-2-8-13(19)5-9(11)15(7)16(8)10/h1-6,17-20H. The third kappa shape index (κ3) is 1.50. The molecule has 0 atom stereocenters. The van der Waals surface area contributed by atoms with Crippen LogP contribution in [0.25, 0.3) is 32.3 Å². The van der Waals surface area contributed by atoms with Crippen molar-refractivity contribution in [1.29, 1.82) is 0 Å². The molecule has 4 aromatic rings. The second-order valence-electron chi connectivity index (χ2n) is 4.90. The van der Waals surface area contributed by atoms with Gasteiger partial charge in [0.15, 0.2) is 0 Å². The van der Waals surface area contributed by atoms with Gasteiger partial charge in [0.05, 0.1) is 0 Å². The van der Waals surface area contributed by atoms with Crippen LogP contribution in [-0.4, -0.2) is 5.11 Å². The number of aromatic hydroxyl groups is 1. The van der Waals surface area contributed by atoms with E-state index in [4.69, 9.17) is 0 Å². The van der Waals surface area contributed by atoms with E-state index in [1.807, 2.05) is 30.3 Å². The van der Waals surface area contributed by atoms with Crippen LogP contribution in [0.4, 0.5) is 0 Å². The fourth-order valence-electron chi connectivity index (χ4n) is 2.90. The van der Waals surface area contributed by atoms with Crippen LogP contribution < -0.4 is 0 Å². The van der Waals surface area contributed by atoms with Crippen LogP contribution in [0.2, 0.25) is 0 Å². The first-order chi connectivity index (χ1) is 9.58. The van der Waals surface area contributed by atoms with Crippen molar-refractivity contribution < 1.29 is 5.11 Å². The Morgan fingerprint density at radius 3 is 1.85 bits per heavy atom. The lowest BCUT2D eigenvalue weighted by Crippen LogP contribution is -1.88. The van der Waals surface area contributed by atoms with Gasteiger partial charge < -0.3 is 5.11 Å². The number of hydrogen-bond donors (Lipinski definition) is 4. The van der Waals surface area contributed by atoms with E-state index in [2.05, 4.69) is 37.9 Å². The molecule has 0 saturated heterocycles. The number of hydrogen-bond acceptors (Lipinski definition) is 4. The summed E-state index contributed by atoms with van der Waals surface area (Å²) in [5.41, 5.74) is 0. The van der Waals surface area contributed by atoms with Crippen molar-refractivity contribution in [2.45, 2.75) is 14.7 Å². The predicted molar refractivity (Wildman–Crippen MR) is 93.6 cm³/mol. The summed E-state index contributed by atoms with van der Waals surface area (Å²) in [6.45, 7) is 0. The Hall–Kier alpha value is -1.23. The molecule has 0 aromatic heterocycles. The van der Waals surface area contributed by atoms with E-state index < -0.39 is 0 Å². The van der Waals surface area contributed by atoms with Crippen LogP contribution >= 0.6 is 37.9 Å². The fourth-order valence-corrected chi connectivity index (χ4v) is 3.79. The van der Waals surface area contributed by atoms with E-state index in [1.165, 1.54) is 0 Å². The summed E-state index contributed by atoms with van der Waals surface area (Å²) in [4.78, 5) is 2.64. The first-order valence-corrected chi connectivity index (χ1v) is 7.46. The van der Waals surface area contributed by atoms with Gasteiger partial charge in [-0.05, 0) is 51.9 Å². The number of benzene rings is 4. The Kier molecular flexibility index (Phi) is 2.58. The lowest BCUT2D eigenvalue weighted by Gasteiger charge is -2.16. The minimum absolute atomic E-state index is 0.263. The van der Waals surface area contributed by atoms with Gasteiger partial charge in [0.25, 0.3) is 0 Å².